The molecule has 1 heterocycles. The quantitative estimate of drug-likeness (QED) is 0.833. The first-order chi connectivity index (χ1) is 7.70. The van der Waals surface area contributed by atoms with Crippen molar-refractivity contribution in [3.05, 3.63) is 21.9 Å². The maximum absolute atomic E-state index is 3.52. The summed E-state index contributed by atoms with van der Waals surface area (Å²) in [5, 5.41) is 5.85. The van der Waals surface area contributed by atoms with Crippen molar-refractivity contribution < 1.29 is 0 Å². The average Bonchev–Trinajstić information content (AvgIpc) is 2.69. The van der Waals surface area contributed by atoms with Crippen LogP contribution in [0, 0.1) is 18.8 Å². The first-order valence-electron chi connectivity index (χ1n) is 6.43. The number of aryl methyl sites for hydroxylation is 1. The molecule has 0 radical (unpaired) electrons. The van der Waals surface area contributed by atoms with Crippen LogP contribution in [0.3, 0.4) is 0 Å². The van der Waals surface area contributed by atoms with Gasteiger partial charge in [0, 0.05) is 10.9 Å². The monoisotopic (exact) mass is 237 g/mol. The molecule has 1 aromatic rings. The number of nitrogens with one attached hydrogen (secondary N) is 1. The van der Waals surface area contributed by atoms with Gasteiger partial charge in [-0.15, -0.1) is 11.3 Å². The van der Waals surface area contributed by atoms with Crippen LogP contribution in [-0.4, -0.2) is 7.05 Å². The zero-order valence-corrected chi connectivity index (χ0v) is 11.4. The molecule has 1 fully saturated rings. The summed E-state index contributed by atoms with van der Waals surface area (Å²) < 4.78 is 0. The molecule has 2 heteroatoms. The van der Waals surface area contributed by atoms with Gasteiger partial charge in [0.05, 0.1) is 0 Å². The van der Waals surface area contributed by atoms with Gasteiger partial charge < -0.3 is 5.32 Å². The van der Waals surface area contributed by atoms with Crippen LogP contribution in [0.5, 0.6) is 0 Å². The Kier molecular flexibility index (Phi) is 4.04. The first-order valence-corrected chi connectivity index (χ1v) is 7.31. The molecule has 0 amide bonds. The van der Waals surface area contributed by atoms with Crippen LogP contribution in [0.15, 0.2) is 11.4 Å². The molecule has 90 valence electrons. The minimum Gasteiger partial charge on any atom is -0.313 e. The zero-order valence-electron chi connectivity index (χ0n) is 10.6. The minimum atomic E-state index is 0.581. The van der Waals surface area contributed by atoms with Crippen molar-refractivity contribution in [2.75, 3.05) is 7.05 Å². The molecule has 1 nitrogen and oxygen atoms in total. The van der Waals surface area contributed by atoms with Gasteiger partial charge >= 0.3 is 0 Å². The number of hydrogen-bond acceptors (Lipinski definition) is 2. The topological polar surface area (TPSA) is 12.0 Å². The van der Waals surface area contributed by atoms with E-state index in [1.54, 1.807) is 0 Å². The van der Waals surface area contributed by atoms with E-state index in [0.717, 1.165) is 11.8 Å². The lowest BCUT2D eigenvalue weighted by molar-refractivity contribution is 0.238. The molecule has 1 atom stereocenters. The van der Waals surface area contributed by atoms with Crippen molar-refractivity contribution in [3.63, 3.8) is 0 Å². The van der Waals surface area contributed by atoms with Crippen molar-refractivity contribution in [1.29, 1.82) is 0 Å². The Morgan fingerprint density at radius 3 is 2.50 bits per heavy atom. The first kappa shape index (κ1) is 12.1. The highest BCUT2D eigenvalue weighted by Crippen LogP contribution is 2.37. The second kappa shape index (κ2) is 5.33. The van der Waals surface area contributed by atoms with Crippen LogP contribution in [0.2, 0.25) is 0 Å². The van der Waals surface area contributed by atoms with E-state index in [4.69, 9.17) is 0 Å². The molecule has 0 bridgehead atoms. The molecule has 1 aromatic heterocycles. The van der Waals surface area contributed by atoms with Gasteiger partial charge in [-0.1, -0.05) is 19.8 Å². The number of rotatable bonds is 3. The lowest BCUT2D eigenvalue weighted by Gasteiger charge is -2.32. The Morgan fingerprint density at radius 1 is 1.31 bits per heavy atom. The van der Waals surface area contributed by atoms with Crippen molar-refractivity contribution in [1.82, 2.24) is 5.32 Å². The summed E-state index contributed by atoms with van der Waals surface area (Å²) in [7, 11) is 2.11. The lowest BCUT2D eigenvalue weighted by atomic mass is 9.78. The van der Waals surface area contributed by atoms with Crippen LogP contribution in [0.4, 0.5) is 0 Å². The van der Waals surface area contributed by atoms with E-state index >= 15 is 0 Å². The van der Waals surface area contributed by atoms with Gasteiger partial charge in [0.2, 0.25) is 0 Å². The third-order valence-corrected chi connectivity index (χ3v) is 4.83. The molecule has 1 aliphatic rings. The second-order valence-electron chi connectivity index (χ2n) is 5.28. The molecular formula is C14H23NS. The molecular weight excluding hydrogens is 214 g/mol. The summed E-state index contributed by atoms with van der Waals surface area (Å²) in [5.41, 5.74) is 1.50. The van der Waals surface area contributed by atoms with Crippen molar-refractivity contribution >= 4 is 11.3 Å². The lowest BCUT2D eigenvalue weighted by Crippen LogP contribution is -2.28. The van der Waals surface area contributed by atoms with E-state index in [2.05, 4.69) is 37.7 Å². The molecule has 1 saturated carbocycles. The van der Waals surface area contributed by atoms with Gasteiger partial charge in [-0.3, -0.25) is 0 Å². The predicted molar refractivity (Wildman–Crippen MR) is 72.0 cm³/mol. The van der Waals surface area contributed by atoms with E-state index in [0.29, 0.717) is 6.04 Å². The Balaban J connectivity index is 2.05. The van der Waals surface area contributed by atoms with Crippen LogP contribution in [0.1, 0.15) is 49.1 Å². The SMILES string of the molecule is CNC(c1csc(C)c1)C1CCC(C)CC1. The standard InChI is InChI=1S/C14H23NS/c1-10-4-6-12(7-5-10)14(15-3)13-8-11(2)16-9-13/h8-10,12,14-15H,4-7H2,1-3H3. The maximum Gasteiger partial charge on any atom is 0.0354 e. The predicted octanol–water partition coefficient (Wildman–Crippen LogP) is 4.14. The second-order valence-corrected chi connectivity index (χ2v) is 6.39. The van der Waals surface area contributed by atoms with Crippen molar-refractivity contribution in [2.45, 2.75) is 45.6 Å². The average molecular weight is 237 g/mol. The van der Waals surface area contributed by atoms with Gasteiger partial charge in [0.15, 0.2) is 0 Å². The molecule has 1 unspecified atom stereocenters. The molecule has 0 saturated heterocycles. The van der Waals surface area contributed by atoms with Crippen LogP contribution in [-0.2, 0) is 0 Å². The summed E-state index contributed by atoms with van der Waals surface area (Å²) in [6.45, 7) is 4.59. The third kappa shape index (κ3) is 2.67. The normalized spacial score (nSPS) is 27.9. The number of thiophene rings is 1. The molecule has 0 aromatic carbocycles. The summed E-state index contributed by atoms with van der Waals surface area (Å²) in [6.07, 6.45) is 5.60. The minimum absolute atomic E-state index is 0.581. The Morgan fingerprint density at radius 2 is 2.00 bits per heavy atom. The molecule has 16 heavy (non-hydrogen) atoms. The van der Waals surface area contributed by atoms with Gasteiger partial charge in [0.1, 0.15) is 0 Å². The zero-order chi connectivity index (χ0) is 11.5. The van der Waals surface area contributed by atoms with Gasteiger partial charge in [-0.05, 0) is 55.7 Å². The molecule has 1 N–H and O–H groups in total. The van der Waals surface area contributed by atoms with Gasteiger partial charge in [0.25, 0.3) is 0 Å². The fourth-order valence-corrected chi connectivity index (χ4v) is 3.66. The summed E-state index contributed by atoms with van der Waals surface area (Å²) in [6, 6.07) is 2.93. The van der Waals surface area contributed by atoms with Gasteiger partial charge in [-0.2, -0.15) is 0 Å². The highest BCUT2D eigenvalue weighted by Gasteiger charge is 2.26. The third-order valence-electron chi connectivity index (χ3n) is 3.95. The molecule has 1 aliphatic carbocycles. The van der Waals surface area contributed by atoms with E-state index in [1.165, 1.54) is 36.1 Å². The van der Waals surface area contributed by atoms with Crippen molar-refractivity contribution in [3.8, 4) is 0 Å². The highest BCUT2D eigenvalue weighted by atomic mass is 32.1. The highest BCUT2D eigenvalue weighted by molar-refractivity contribution is 7.10. The number of hydrogen-bond donors (Lipinski definition) is 1. The molecule has 2 rings (SSSR count). The van der Waals surface area contributed by atoms with E-state index < -0.39 is 0 Å². The van der Waals surface area contributed by atoms with E-state index in [1.807, 2.05) is 11.3 Å². The summed E-state index contributed by atoms with van der Waals surface area (Å²) in [5.74, 6) is 1.79. The smallest absolute Gasteiger partial charge is 0.0354 e. The Labute approximate surface area is 103 Å². The summed E-state index contributed by atoms with van der Waals surface area (Å²) in [4.78, 5) is 1.43. The van der Waals surface area contributed by atoms with Crippen molar-refractivity contribution in [2.24, 2.45) is 11.8 Å². The van der Waals surface area contributed by atoms with Gasteiger partial charge in [-0.25, -0.2) is 0 Å². The van der Waals surface area contributed by atoms with E-state index in [-0.39, 0.29) is 0 Å². The van der Waals surface area contributed by atoms with Crippen LogP contribution >= 0.6 is 11.3 Å². The maximum atomic E-state index is 3.52. The van der Waals surface area contributed by atoms with Crippen LogP contribution < -0.4 is 5.32 Å². The Hall–Kier alpha value is -0.340. The van der Waals surface area contributed by atoms with Crippen LogP contribution in [0.25, 0.3) is 0 Å². The summed E-state index contributed by atoms with van der Waals surface area (Å²) >= 11 is 1.87. The largest absolute Gasteiger partial charge is 0.313 e. The molecule has 0 aliphatic heterocycles. The van der Waals surface area contributed by atoms with E-state index in [9.17, 15) is 0 Å². The Bertz CT molecular complexity index is 323. The molecule has 0 spiro atoms. The fourth-order valence-electron chi connectivity index (χ4n) is 2.92. The fraction of sp³-hybridized carbons (Fsp3) is 0.714.